The normalized spacial score (nSPS) is 16.1. The van der Waals surface area contributed by atoms with E-state index in [4.69, 9.17) is 4.74 Å². The molecule has 1 N–H and O–H groups in total. The van der Waals surface area contributed by atoms with Crippen molar-refractivity contribution in [1.82, 2.24) is 14.9 Å². The number of halogens is 3. The van der Waals surface area contributed by atoms with Crippen molar-refractivity contribution in [2.45, 2.75) is 58.2 Å². The zero-order valence-electron chi connectivity index (χ0n) is 19.8. The van der Waals surface area contributed by atoms with E-state index in [0.717, 1.165) is 50.6 Å². The number of aromatic amines is 1. The van der Waals surface area contributed by atoms with Crippen LogP contribution < -0.4 is 4.74 Å². The van der Waals surface area contributed by atoms with Crippen molar-refractivity contribution >= 4 is 16.9 Å². The molecule has 1 amide bonds. The molecule has 3 aromatic rings. The van der Waals surface area contributed by atoms with Gasteiger partial charge in [-0.3, -0.25) is 4.79 Å². The molecule has 1 unspecified atom stereocenters. The quantitative estimate of drug-likeness (QED) is 0.368. The van der Waals surface area contributed by atoms with E-state index in [-0.39, 0.29) is 26.0 Å². The number of imidazole rings is 1. The Bertz CT molecular complexity index is 1270. The lowest BCUT2D eigenvalue weighted by Gasteiger charge is -2.35. The van der Waals surface area contributed by atoms with Gasteiger partial charge in [-0.1, -0.05) is 25.0 Å². The summed E-state index contributed by atoms with van der Waals surface area (Å²) >= 11 is 0. The average Bonchev–Trinajstić information content (AvgIpc) is 3.22. The first-order valence-electron chi connectivity index (χ1n) is 11.8. The fourth-order valence-electron chi connectivity index (χ4n) is 4.43. The molecule has 0 radical (unpaired) electrons. The van der Waals surface area contributed by atoms with Gasteiger partial charge in [0.05, 0.1) is 17.6 Å². The molecule has 1 fully saturated rings. The predicted octanol–water partition coefficient (Wildman–Crippen LogP) is 5.82. The van der Waals surface area contributed by atoms with E-state index in [0.29, 0.717) is 12.8 Å². The topological polar surface area (TPSA) is 58.2 Å². The number of nitrogens with zero attached hydrogens (tertiary/aromatic N) is 2. The largest absolute Gasteiger partial charge is 0.492 e. The van der Waals surface area contributed by atoms with Gasteiger partial charge in [-0.05, 0) is 79.5 Å². The van der Waals surface area contributed by atoms with Crippen molar-refractivity contribution in [3.05, 3.63) is 47.8 Å². The van der Waals surface area contributed by atoms with Crippen molar-refractivity contribution in [1.29, 1.82) is 0 Å². The molecular weight excluding hydrogens is 455 g/mol. The number of amides is 1. The Morgan fingerprint density at radius 1 is 1.20 bits per heavy atom. The van der Waals surface area contributed by atoms with Gasteiger partial charge in [-0.25, -0.2) is 4.98 Å². The summed E-state index contributed by atoms with van der Waals surface area (Å²) < 4.78 is 45.5. The van der Waals surface area contributed by atoms with Gasteiger partial charge < -0.3 is 14.6 Å². The van der Waals surface area contributed by atoms with Crippen molar-refractivity contribution in [3.8, 4) is 28.7 Å². The maximum absolute atomic E-state index is 13.2. The molecule has 1 saturated heterocycles. The van der Waals surface area contributed by atoms with Crippen LogP contribution in [0.1, 0.15) is 44.0 Å². The fourth-order valence-corrected chi connectivity index (χ4v) is 4.43. The number of fused-ring (bicyclic) bond motifs is 1. The lowest BCUT2D eigenvalue weighted by atomic mass is 10.0. The third-order valence-corrected chi connectivity index (χ3v) is 6.20. The molecule has 184 valence electrons. The van der Waals surface area contributed by atoms with Gasteiger partial charge in [-0.2, -0.15) is 13.2 Å². The lowest BCUT2D eigenvalue weighted by Crippen LogP contribution is -2.51. The van der Waals surface area contributed by atoms with Crippen molar-refractivity contribution in [2.24, 2.45) is 0 Å². The number of H-pyrrole nitrogens is 1. The smallest absolute Gasteiger partial charge is 0.408 e. The number of carbonyl (C=O) groups is 1. The number of hydrogen-bond acceptors (Lipinski definition) is 3. The Labute approximate surface area is 202 Å². The monoisotopic (exact) mass is 483 g/mol. The van der Waals surface area contributed by atoms with Crippen LogP contribution in [0.25, 0.3) is 22.2 Å². The zero-order valence-corrected chi connectivity index (χ0v) is 19.8. The minimum Gasteiger partial charge on any atom is -0.492 e. The highest BCUT2D eigenvalue weighted by Crippen LogP contribution is 2.32. The molecule has 1 atom stereocenters. The molecule has 4 rings (SSSR count). The molecule has 8 heteroatoms. The standard InChI is InChI=1S/C27H28F3N3O2/c1-3-19-16-20(21-10-12-22-23(17-21)32-18(2)31-22)11-13-24(19)35-15-7-5-9-26(34)33-14-6-4-8-25(33)27(28,29)30/h10-13,16-17,25H,3-4,6-8,14-15H2,1-2H3,(H,31,32). The van der Waals surface area contributed by atoms with Crippen LogP contribution in [0.5, 0.6) is 5.75 Å². The summed E-state index contributed by atoms with van der Waals surface area (Å²) in [5, 5.41) is 0. The number of piperidine rings is 1. The highest BCUT2D eigenvalue weighted by atomic mass is 19.4. The Kier molecular flexibility index (Phi) is 7.34. The van der Waals surface area contributed by atoms with E-state index in [9.17, 15) is 18.0 Å². The number of nitrogens with one attached hydrogen (secondary N) is 1. The number of benzene rings is 2. The fraction of sp³-hybridized carbons (Fsp3) is 0.407. The second-order valence-corrected chi connectivity index (χ2v) is 8.68. The number of ether oxygens (including phenoxy) is 1. The number of aromatic nitrogens is 2. The highest BCUT2D eigenvalue weighted by molar-refractivity contribution is 5.93. The molecule has 0 bridgehead atoms. The summed E-state index contributed by atoms with van der Waals surface area (Å²) in [5.74, 6) is 5.88. The Balaban J connectivity index is 1.37. The molecule has 1 aromatic heterocycles. The van der Waals surface area contributed by atoms with Crippen LogP contribution in [-0.4, -0.2) is 46.1 Å². The number of rotatable bonds is 5. The third-order valence-electron chi connectivity index (χ3n) is 6.20. The van der Waals surface area contributed by atoms with Crippen molar-refractivity contribution in [2.75, 3.05) is 13.2 Å². The van der Waals surface area contributed by atoms with E-state index in [1.165, 1.54) is 0 Å². The third kappa shape index (κ3) is 5.79. The summed E-state index contributed by atoms with van der Waals surface area (Å²) in [6.07, 6.45) is -2.44. The van der Waals surface area contributed by atoms with Crippen molar-refractivity contribution < 1.29 is 22.7 Å². The number of alkyl halides is 3. The Hall–Kier alpha value is -3.47. The number of likely N-dealkylation sites (tertiary alicyclic amines) is 1. The zero-order chi connectivity index (χ0) is 25.0. The maximum Gasteiger partial charge on any atom is 0.408 e. The summed E-state index contributed by atoms with van der Waals surface area (Å²) in [6, 6.07) is 10.4. The Morgan fingerprint density at radius 3 is 2.74 bits per heavy atom. The molecule has 0 saturated carbocycles. The second kappa shape index (κ2) is 10.4. The van der Waals surface area contributed by atoms with Crippen LogP contribution in [0.15, 0.2) is 36.4 Å². The van der Waals surface area contributed by atoms with Crippen LogP contribution >= 0.6 is 0 Å². The molecule has 0 aliphatic carbocycles. The van der Waals surface area contributed by atoms with Crippen LogP contribution in [0.2, 0.25) is 0 Å². The van der Waals surface area contributed by atoms with E-state index in [1.807, 2.05) is 38.1 Å². The van der Waals surface area contributed by atoms with Gasteiger partial charge in [0.2, 0.25) is 0 Å². The summed E-state index contributed by atoms with van der Waals surface area (Å²) in [6.45, 7) is 4.30. The molecule has 35 heavy (non-hydrogen) atoms. The summed E-state index contributed by atoms with van der Waals surface area (Å²) in [4.78, 5) is 20.8. The van der Waals surface area contributed by atoms with E-state index in [2.05, 4.69) is 33.9 Å². The molecule has 2 heterocycles. The van der Waals surface area contributed by atoms with Crippen LogP contribution in [0.3, 0.4) is 0 Å². The van der Waals surface area contributed by atoms with Crippen LogP contribution in [0.4, 0.5) is 13.2 Å². The summed E-state index contributed by atoms with van der Waals surface area (Å²) in [7, 11) is 0. The molecule has 2 aromatic carbocycles. The number of aryl methyl sites for hydroxylation is 2. The van der Waals surface area contributed by atoms with Crippen molar-refractivity contribution in [3.63, 3.8) is 0 Å². The van der Waals surface area contributed by atoms with Crippen LogP contribution in [-0.2, 0) is 11.2 Å². The molecule has 1 aliphatic heterocycles. The van der Waals surface area contributed by atoms with Gasteiger partial charge in [-0.15, -0.1) is 0 Å². The van der Waals surface area contributed by atoms with E-state index < -0.39 is 18.1 Å². The molecule has 1 aliphatic rings. The molecular formula is C27H28F3N3O2. The van der Waals surface area contributed by atoms with Gasteiger partial charge in [0.15, 0.2) is 0 Å². The summed E-state index contributed by atoms with van der Waals surface area (Å²) in [5.41, 5.74) is 5.08. The predicted molar refractivity (Wildman–Crippen MR) is 129 cm³/mol. The SMILES string of the molecule is CCc1cc(-c2ccc3nc(C)[nH]c3c2)ccc1OCCC#CC(=O)N1CCCCC1C(F)(F)F. The van der Waals surface area contributed by atoms with E-state index in [1.54, 1.807) is 0 Å². The first-order chi connectivity index (χ1) is 16.8. The Morgan fingerprint density at radius 2 is 1.97 bits per heavy atom. The van der Waals surface area contributed by atoms with Gasteiger partial charge >= 0.3 is 6.18 Å². The van der Waals surface area contributed by atoms with Crippen LogP contribution in [0, 0.1) is 18.8 Å². The van der Waals surface area contributed by atoms with Gasteiger partial charge in [0.25, 0.3) is 5.91 Å². The first kappa shape index (κ1) is 24.6. The maximum atomic E-state index is 13.2. The molecule has 5 nitrogen and oxygen atoms in total. The highest BCUT2D eigenvalue weighted by Gasteiger charge is 2.45. The van der Waals surface area contributed by atoms with E-state index >= 15 is 0 Å². The first-order valence-corrected chi connectivity index (χ1v) is 11.8. The minimum atomic E-state index is -4.42. The number of carbonyl (C=O) groups excluding carboxylic acids is 1. The second-order valence-electron chi connectivity index (χ2n) is 8.68. The molecule has 0 spiro atoms. The number of hydrogen-bond donors (Lipinski definition) is 1. The average molecular weight is 484 g/mol. The van der Waals surface area contributed by atoms with Gasteiger partial charge in [0.1, 0.15) is 17.6 Å². The lowest BCUT2D eigenvalue weighted by molar-refractivity contribution is -0.193. The van der Waals surface area contributed by atoms with Gasteiger partial charge in [0, 0.05) is 13.0 Å². The minimum absolute atomic E-state index is 0.0643.